The van der Waals surface area contributed by atoms with Gasteiger partial charge >= 0.3 is 6.18 Å². The summed E-state index contributed by atoms with van der Waals surface area (Å²) >= 11 is 0. The molecule has 1 aromatic heterocycles. The first kappa shape index (κ1) is 27.8. The van der Waals surface area contributed by atoms with Crippen LogP contribution in [0.3, 0.4) is 0 Å². The Morgan fingerprint density at radius 2 is 1.67 bits per heavy atom. The Morgan fingerprint density at radius 3 is 2.25 bits per heavy atom. The molecule has 0 aliphatic carbocycles. The predicted molar refractivity (Wildman–Crippen MR) is 139 cm³/mol. The van der Waals surface area contributed by atoms with Crippen molar-refractivity contribution in [3.63, 3.8) is 0 Å². The van der Waals surface area contributed by atoms with Crippen molar-refractivity contribution in [1.29, 1.82) is 0 Å². The molecule has 2 aromatic rings. The van der Waals surface area contributed by atoms with Crippen LogP contribution in [0.15, 0.2) is 42.6 Å². The summed E-state index contributed by atoms with van der Waals surface area (Å²) in [4.78, 5) is 21.0. The number of carbonyl (C=O) groups excluding carboxylic acids is 1. The molecular weight excluding hydrogens is 465 g/mol. The SMILES string of the molecule is C.Cc1ccc(N2CCC(CCCC(=O)N3CCC(Nc4ccc(C(F)(F)F)cn4)CC3)CC2)cc1. The molecule has 0 unspecified atom stereocenters. The zero-order chi connectivity index (χ0) is 24.8. The number of hydrogen-bond acceptors (Lipinski definition) is 4. The Morgan fingerprint density at radius 1 is 1.00 bits per heavy atom. The van der Waals surface area contributed by atoms with Gasteiger partial charge in [0.15, 0.2) is 0 Å². The quantitative estimate of drug-likeness (QED) is 0.465. The van der Waals surface area contributed by atoms with Crippen LogP contribution >= 0.6 is 0 Å². The average molecular weight is 505 g/mol. The van der Waals surface area contributed by atoms with E-state index in [-0.39, 0.29) is 19.4 Å². The molecule has 2 saturated heterocycles. The predicted octanol–water partition coefficient (Wildman–Crippen LogP) is 6.53. The van der Waals surface area contributed by atoms with E-state index in [9.17, 15) is 18.0 Å². The zero-order valence-electron chi connectivity index (χ0n) is 20.4. The molecule has 0 spiro atoms. The highest BCUT2D eigenvalue weighted by atomic mass is 19.4. The van der Waals surface area contributed by atoms with Gasteiger partial charge in [-0.1, -0.05) is 25.1 Å². The first-order chi connectivity index (χ1) is 16.8. The van der Waals surface area contributed by atoms with Crippen LogP contribution in [0.2, 0.25) is 0 Å². The van der Waals surface area contributed by atoms with Gasteiger partial charge < -0.3 is 15.1 Å². The van der Waals surface area contributed by atoms with Gasteiger partial charge in [0.25, 0.3) is 0 Å². The molecule has 198 valence electrons. The molecule has 0 radical (unpaired) electrons. The number of hydrogen-bond donors (Lipinski definition) is 1. The summed E-state index contributed by atoms with van der Waals surface area (Å²) in [7, 11) is 0. The van der Waals surface area contributed by atoms with Crippen LogP contribution in [0.25, 0.3) is 0 Å². The van der Waals surface area contributed by atoms with Crippen LogP contribution < -0.4 is 10.2 Å². The minimum atomic E-state index is -4.38. The van der Waals surface area contributed by atoms with Crippen LogP contribution in [0.1, 0.15) is 63.5 Å². The van der Waals surface area contributed by atoms with E-state index in [1.165, 1.54) is 30.2 Å². The summed E-state index contributed by atoms with van der Waals surface area (Å²) in [5.74, 6) is 1.35. The molecule has 3 heterocycles. The smallest absolute Gasteiger partial charge is 0.372 e. The number of benzene rings is 1. The van der Waals surface area contributed by atoms with Crippen molar-refractivity contribution in [3.05, 3.63) is 53.7 Å². The van der Waals surface area contributed by atoms with E-state index in [1.54, 1.807) is 0 Å². The number of aromatic nitrogens is 1. The van der Waals surface area contributed by atoms with Crippen molar-refractivity contribution in [1.82, 2.24) is 9.88 Å². The van der Waals surface area contributed by atoms with Crippen molar-refractivity contribution in [2.45, 2.75) is 71.5 Å². The second-order valence-corrected chi connectivity index (χ2v) is 9.89. The second kappa shape index (κ2) is 12.5. The van der Waals surface area contributed by atoms with Crippen LogP contribution in [0.4, 0.5) is 24.7 Å². The van der Waals surface area contributed by atoms with Crippen molar-refractivity contribution in [2.75, 3.05) is 36.4 Å². The monoisotopic (exact) mass is 504 g/mol. The fourth-order valence-electron chi connectivity index (χ4n) is 5.06. The van der Waals surface area contributed by atoms with Gasteiger partial charge in [-0.2, -0.15) is 13.2 Å². The summed E-state index contributed by atoms with van der Waals surface area (Å²) in [6.07, 6.45) is 3.00. The first-order valence-corrected chi connectivity index (χ1v) is 12.7. The number of anilines is 2. The number of halogens is 3. The van der Waals surface area contributed by atoms with Gasteiger partial charge in [-0.15, -0.1) is 0 Å². The Hall–Kier alpha value is -2.77. The number of likely N-dealkylation sites (tertiary alicyclic amines) is 1. The highest BCUT2D eigenvalue weighted by Crippen LogP contribution is 2.29. The van der Waals surface area contributed by atoms with E-state index >= 15 is 0 Å². The Labute approximate surface area is 213 Å². The topological polar surface area (TPSA) is 48.5 Å². The van der Waals surface area contributed by atoms with Gasteiger partial charge in [-0.3, -0.25) is 4.79 Å². The maximum Gasteiger partial charge on any atom is 0.417 e. The summed E-state index contributed by atoms with van der Waals surface area (Å²) in [6.45, 7) is 5.61. The number of nitrogens with zero attached hydrogens (tertiary/aromatic N) is 3. The van der Waals surface area contributed by atoms with Gasteiger partial charge in [-0.25, -0.2) is 4.98 Å². The molecule has 8 heteroatoms. The van der Waals surface area contributed by atoms with Gasteiger partial charge in [0.1, 0.15) is 5.82 Å². The maximum absolute atomic E-state index is 12.7. The van der Waals surface area contributed by atoms with Crippen molar-refractivity contribution in [2.24, 2.45) is 5.92 Å². The van der Waals surface area contributed by atoms with Crippen molar-refractivity contribution < 1.29 is 18.0 Å². The average Bonchev–Trinajstić information content (AvgIpc) is 2.85. The number of nitrogens with one attached hydrogen (secondary N) is 1. The lowest BCUT2D eigenvalue weighted by Gasteiger charge is -2.34. The van der Waals surface area contributed by atoms with E-state index in [0.717, 1.165) is 51.0 Å². The molecule has 4 rings (SSSR count). The standard InChI is InChI=1S/C27H35F3N4O.CH4/c1-20-5-8-24(9-6-20)33-15-11-21(12-16-33)3-2-4-26(35)34-17-13-23(14-18-34)32-25-10-7-22(19-31-25)27(28,29)30;/h5-10,19,21,23H,2-4,11-18H2,1H3,(H,31,32);1H4. The number of rotatable bonds is 7. The number of piperidine rings is 2. The van der Waals surface area contributed by atoms with Crippen molar-refractivity contribution in [3.8, 4) is 0 Å². The van der Waals surface area contributed by atoms with Gasteiger partial charge in [-0.05, 0) is 75.6 Å². The number of carbonyl (C=O) groups is 1. The largest absolute Gasteiger partial charge is 0.417 e. The molecular formula is C28H39F3N4O. The van der Waals surface area contributed by atoms with Gasteiger partial charge in [0, 0.05) is 50.5 Å². The van der Waals surface area contributed by atoms with Crippen LogP contribution in [0.5, 0.6) is 0 Å². The van der Waals surface area contributed by atoms with E-state index in [1.807, 2.05) is 4.90 Å². The molecule has 36 heavy (non-hydrogen) atoms. The normalized spacial score (nSPS) is 17.6. The zero-order valence-corrected chi connectivity index (χ0v) is 20.4. The Bertz CT molecular complexity index is 946. The third-order valence-corrected chi connectivity index (χ3v) is 7.31. The lowest BCUT2D eigenvalue weighted by Crippen LogP contribution is -2.42. The lowest BCUT2D eigenvalue weighted by molar-refractivity contribution is -0.137. The van der Waals surface area contributed by atoms with E-state index in [2.05, 4.69) is 46.4 Å². The minimum absolute atomic E-state index is 0. The van der Waals surface area contributed by atoms with Gasteiger partial charge in [0.05, 0.1) is 5.56 Å². The number of pyridine rings is 1. The highest BCUT2D eigenvalue weighted by Gasteiger charge is 2.31. The molecule has 1 aromatic carbocycles. The van der Waals surface area contributed by atoms with Crippen LogP contribution in [-0.4, -0.2) is 48.0 Å². The third-order valence-electron chi connectivity index (χ3n) is 7.31. The second-order valence-electron chi connectivity index (χ2n) is 9.89. The summed E-state index contributed by atoms with van der Waals surface area (Å²) in [5, 5.41) is 3.20. The maximum atomic E-state index is 12.7. The summed E-state index contributed by atoms with van der Waals surface area (Å²) < 4.78 is 38.0. The molecule has 5 nitrogen and oxygen atoms in total. The third kappa shape index (κ3) is 7.61. The minimum Gasteiger partial charge on any atom is -0.372 e. The molecule has 1 amide bonds. The van der Waals surface area contributed by atoms with E-state index in [4.69, 9.17) is 0 Å². The lowest BCUT2D eigenvalue weighted by atomic mass is 9.91. The molecule has 0 saturated carbocycles. The number of amides is 1. The fourth-order valence-corrected chi connectivity index (χ4v) is 5.06. The highest BCUT2D eigenvalue weighted by molar-refractivity contribution is 5.76. The van der Waals surface area contributed by atoms with Crippen LogP contribution in [-0.2, 0) is 11.0 Å². The van der Waals surface area contributed by atoms with Crippen LogP contribution in [0, 0.1) is 12.8 Å². The molecule has 0 atom stereocenters. The Balaban J connectivity index is 0.00000361. The molecule has 1 N–H and O–H groups in total. The van der Waals surface area contributed by atoms with Gasteiger partial charge in [0.2, 0.25) is 5.91 Å². The van der Waals surface area contributed by atoms with Crippen molar-refractivity contribution >= 4 is 17.4 Å². The first-order valence-electron chi connectivity index (χ1n) is 12.7. The Kier molecular flexibility index (Phi) is 9.63. The van der Waals surface area contributed by atoms with E-state index < -0.39 is 11.7 Å². The number of aryl methyl sites for hydroxylation is 1. The molecule has 2 aliphatic rings. The molecule has 0 bridgehead atoms. The molecule has 2 aliphatic heterocycles. The summed E-state index contributed by atoms with van der Waals surface area (Å²) in [5.41, 5.74) is 1.83. The summed E-state index contributed by atoms with van der Waals surface area (Å²) in [6, 6.07) is 11.3. The van der Waals surface area contributed by atoms with E-state index in [0.29, 0.717) is 31.2 Å². The number of alkyl halides is 3. The fraction of sp³-hybridized carbons (Fsp3) is 0.571. The molecule has 2 fully saturated rings.